The number of hydrogen-bond donors (Lipinski definition) is 1. The molecule has 0 aliphatic rings. The molecule has 6 heteroatoms. The Morgan fingerprint density at radius 3 is 2.86 bits per heavy atom. The molecule has 0 fully saturated rings. The Balaban J connectivity index is 3.11. The van der Waals surface area contributed by atoms with Gasteiger partial charge in [0, 0.05) is 19.4 Å². The first-order valence-corrected chi connectivity index (χ1v) is 4.57. The number of carbonyl (C=O) groups is 1. The van der Waals surface area contributed by atoms with Crippen molar-refractivity contribution in [2.45, 2.75) is 0 Å². The van der Waals surface area contributed by atoms with Crippen LogP contribution < -0.4 is 5.73 Å². The second kappa shape index (κ2) is 4.71. The quantitative estimate of drug-likeness (QED) is 0.364. The van der Waals surface area contributed by atoms with Crippen LogP contribution in [0.2, 0.25) is 0 Å². The molecule has 0 saturated carbocycles. The summed E-state index contributed by atoms with van der Waals surface area (Å²) >= 11 is 3.25. The number of aromatic nitrogens is 2. The molecule has 0 aliphatic carbocycles. The van der Waals surface area contributed by atoms with Crippen molar-refractivity contribution in [2.24, 2.45) is 10.7 Å². The van der Waals surface area contributed by atoms with Crippen molar-refractivity contribution in [1.29, 1.82) is 0 Å². The largest absolute Gasteiger partial charge is 0.404 e. The van der Waals surface area contributed by atoms with Crippen LogP contribution in [0.4, 0.5) is 0 Å². The fraction of sp³-hybridized carbons (Fsp3) is 0.125. The smallest absolute Gasteiger partial charge is 0.160 e. The first kappa shape index (κ1) is 10.6. The summed E-state index contributed by atoms with van der Waals surface area (Å²) in [5.74, 6) is 0.410. The maximum absolute atomic E-state index is 10.6. The summed E-state index contributed by atoms with van der Waals surface area (Å²) in [6.45, 7) is 0. The summed E-state index contributed by atoms with van der Waals surface area (Å²) in [6, 6.07) is 0. The molecule has 1 aromatic heterocycles. The molecule has 0 saturated heterocycles. The number of rotatable bonds is 2. The maximum Gasteiger partial charge on any atom is 0.160 e. The highest BCUT2D eigenvalue weighted by atomic mass is 79.9. The van der Waals surface area contributed by atoms with Crippen LogP contribution in [-0.2, 0) is 4.79 Å². The second-order valence-corrected chi connectivity index (χ2v) is 3.31. The van der Waals surface area contributed by atoms with E-state index < -0.39 is 0 Å². The number of carbonyl (C=O) groups excluding carboxylic acids is 1. The third kappa shape index (κ3) is 2.08. The molecular weight excluding hydrogens is 248 g/mol. The van der Waals surface area contributed by atoms with Crippen LogP contribution in [0.3, 0.4) is 0 Å². The van der Waals surface area contributed by atoms with E-state index in [0.717, 1.165) is 4.47 Å². The Kier molecular flexibility index (Phi) is 3.58. The van der Waals surface area contributed by atoms with Gasteiger partial charge < -0.3 is 5.73 Å². The van der Waals surface area contributed by atoms with E-state index in [4.69, 9.17) is 5.73 Å². The van der Waals surface area contributed by atoms with Gasteiger partial charge in [-0.1, -0.05) is 0 Å². The summed E-state index contributed by atoms with van der Waals surface area (Å²) in [5, 5.41) is 3.99. The van der Waals surface area contributed by atoms with Gasteiger partial charge in [-0.15, -0.1) is 0 Å². The van der Waals surface area contributed by atoms with Gasteiger partial charge in [0.2, 0.25) is 0 Å². The molecule has 74 valence electrons. The van der Waals surface area contributed by atoms with E-state index in [9.17, 15) is 4.79 Å². The summed E-state index contributed by atoms with van der Waals surface area (Å²) in [4.78, 5) is 14.6. The summed E-state index contributed by atoms with van der Waals surface area (Å²) < 4.78 is 2.28. The third-order valence-corrected chi connectivity index (χ3v) is 1.95. The zero-order valence-electron chi connectivity index (χ0n) is 7.51. The van der Waals surface area contributed by atoms with Gasteiger partial charge in [-0.3, -0.25) is 9.79 Å². The van der Waals surface area contributed by atoms with Crippen molar-refractivity contribution >= 4 is 28.1 Å². The zero-order chi connectivity index (χ0) is 10.6. The molecule has 0 aromatic carbocycles. The molecule has 0 bridgehead atoms. The highest BCUT2D eigenvalue weighted by molar-refractivity contribution is 9.10. The van der Waals surface area contributed by atoms with Crippen molar-refractivity contribution < 1.29 is 4.79 Å². The average molecular weight is 257 g/mol. The number of allylic oxidation sites excluding steroid dienone is 1. The van der Waals surface area contributed by atoms with Crippen molar-refractivity contribution in [3.63, 3.8) is 0 Å². The monoisotopic (exact) mass is 256 g/mol. The van der Waals surface area contributed by atoms with Gasteiger partial charge in [-0.05, 0) is 15.9 Å². The topological polar surface area (TPSA) is 73.3 Å². The highest BCUT2D eigenvalue weighted by Crippen LogP contribution is 2.07. The van der Waals surface area contributed by atoms with Crippen LogP contribution in [0, 0.1) is 0 Å². The number of nitrogens with zero attached hydrogens (tertiary/aromatic N) is 3. The van der Waals surface area contributed by atoms with Crippen molar-refractivity contribution in [3.05, 3.63) is 28.6 Å². The molecule has 2 N–H and O–H groups in total. The van der Waals surface area contributed by atoms with E-state index in [1.54, 1.807) is 19.4 Å². The minimum Gasteiger partial charge on any atom is -0.404 e. The van der Waals surface area contributed by atoms with Gasteiger partial charge in [-0.25, -0.2) is 4.68 Å². The van der Waals surface area contributed by atoms with Gasteiger partial charge >= 0.3 is 0 Å². The molecule has 0 atom stereocenters. The normalized spacial score (nSPS) is 13.0. The zero-order valence-corrected chi connectivity index (χ0v) is 9.10. The minimum atomic E-state index is 0.295. The molecule has 0 radical (unpaired) electrons. The molecular formula is C8H9BrN4O. The Labute approximate surface area is 89.4 Å². The number of aldehydes is 1. The van der Waals surface area contributed by atoms with E-state index in [-0.39, 0.29) is 0 Å². The summed E-state index contributed by atoms with van der Waals surface area (Å²) in [6.07, 6.45) is 5.13. The molecule has 5 nitrogen and oxygen atoms in total. The predicted octanol–water partition coefficient (Wildman–Crippen LogP) is 0.563. The lowest BCUT2D eigenvalue weighted by Crippen LogP contribution is -2.17. The molecule has 0 aliphatic heterocycles. The Morgan fingerprint density at radius 1 is 1.79 bits per heavy atom. The minimum absolute atomic E-state index is 0.295. The number of hydrogen-bond acceptors (Lipinski definition) is 4. The number of halogens is 1. The standard InChI is InChI=1S/C8H9BrN4O/c1-11-8(6(2-10)5-14)13-4-7(9)3-12-13/h2-5H,10H2,1H3. The van der Waals surface area contributed by atoms with E-state index >= 15 is 0 Å². The van der Waals surface area contributed by atoms with Crippen molar-refractivity contribution in [1.82, 2.24) is 9.78 Å². The van der Waals surface area contributed by atoms with Crippen LogP contribution in [0.25, 0.3) is 0 Å². The fourth-order valence-electron chi connectivity index (χ4n) is 0.947. The molecule has 0 spiro atoms. The molecule has 14 heavy (non-hydrogen) atoms. The van der Waals surface area contributed by atoms with Crippen molar-refractivity contribution in [2.75, 3.05) is 7.05 Å². The van der Waals surface area contributed by atoms with Gasteiger partial charge in [0.1, 0.15) is 0 Å². The number of nitrogens with two attached hydrogens (primary N) is 1. The van der Waals surface area contributed by atoms with Crippen LogP contribution in [0.5, 0.6) is 0 Å². The predicted molar refractivity (Wildman–Crippen MR) is 57.0 cm³/mol. The SMILES string of the molecule is CN=C(C(C=O)=CN)n1cc(Br)cn1. The molecule has 0 amide bonds. The van der Waals surface area contributed by atoms with Crippen LogP contribution in [0.1, 0.15) is 0 Å². The van der Waals surface area contributed by atoms with Crippen LogP contribution in [-0.4, -0.2) is 28.9 Å². The molecule has 1 heterocycles. The lowest BCUT2D eigenvalue weighted by molar-refractivity contribution is -0.104. The molecule has 1 rings (SSSR count). The van der Waals surface area contributed by atoms with Gasteiger partial charge in [0.25, 0.3) is 0 Å². The van der Waals surface area contributed by atoms with E-state index in [2.05, 4.69) is 26.0 Å². The van der Waals surface area contributed by atoms with E-state index in [1.165, 1.54) is 10.9 Å². The average Bonchev–Trinajstić information content (AvgIpc) is 2.60. The molecule has 1 aromatic rings. The Morgan fingerprint density at radius 2 is 2.50 bits per heavy atom. The molecule has 0 unspecified atom stereocenters. The van der Waals surface area contributed by atoms with Crippen LogP contribution >= 0.6 is 15.9 Å². The lowest BCUT2D eigenvalue weighted by atomic mass is 10.3. The van der Waals surface area contributed by atoms with Gasteiger partial charge in [0.15, 0.2) is 12.1 Å². The summed E-state index contributed by atoms with van der Waals surface area (Å²) in [5.41, 5.74) is 5.57. The van der Waals surface area contributed by atoms with Gasteiger partial charge in [0.05, 0.1) is 16.2 Å². The van der Waals surface area contributed by atoms with E-state index in [0.29, 0.717) is 17.7 Å². The Bertz CT molecular complexity index is 394. The summed E-state index contributed by atoms with van der Waals surface area (Å²) in [7, 11) is 1.57. The second-order valence-electron chi connectivity index (χ2n) is 2.39. The van der Waals surface area contributed by atoms with Crippen LogP contribution in [0.15, 0.2) is 33.6 Å². The fourth-order valence-corrected chi connectivity index (χ4v) is 1.23. The number of aliphatic imine (C=N–C) groups is 1. The first-order chi connectivity index (χ1) is 6.72. The maximum atomic E-state index is 10.6. The Hall–Kier alpha value is -1.43. The third-order valence-electron chi connectivity index (χ3n) is 1.54. The van der Waals surface area contributed by atoms with Gasteiger partial charge in [-0.2, -0.15) is 5.10 Å². The van der Waals surface area contributed by atoms with Crippen molar-refractivity contribution in [3.8, 4) is 0 Å². The lowest BCUT2D eigenvalue weighted by Gasteiger charge is -2.03. The highest BCUT2D eigenvalue weighted by Gasteiger charge is 2.08. The van der Waals surface area contributed by atoms with E-state index in [1.807, 2.05) is 0 Å². The first-order valence-electron chi connectivity index (χ1n) is 3.77.